The molecule has 0 bridgehead atoms. The number of carbonyl (C=O) groups is 1. The topological polar surface area (TPSA) is 50.7 Å². The molecule has 24 heavy (non-hydrogen) atoms. The maximum Gasteiger partial charge on any atom is 0.277 e. The molecule has 2 aromatic carbocycles. The SMILES string of the molecule is Cc1cccc(OCC(=O)N/N=C\c2ccc(C(C)C)cc2)c1C. The highest BCUT2D eigenvalue weighted by atomic mass is 16.5. The quantitative estimate of drug-likeness (QED) is 0.646. The summed E-state index contributed by atoms with van der Waals surface area (Å²) in [4.78, 5) is 11.8. The van der Waals surface area contributed by atoms with Crippen LogP contribution in [0.1, 0.15) is 42.0 Å². The van der Waals surface area contributed by atoms with Crippen LogP contribution in [0.4, 0.5) is 0 Å². The van der Waals surface area contributed by atoms with Gasteiger partial charge < -0.3 is 4.74 Å². The molecule has 0 aliphatic rings. The Bertz CT molecular complexity index is 719. The van der Waals surface area contributed by atoms with Crippen molar-refractivity contribution < 1.29 is 9.53 Å². The maximum absolute atomic E-state index is 11.8. The number of nitrogens with zero attached hydrogens (tertiary/aromatic N) is 1. The van der Waals surface area contributed by atoms with E-state index in [9.17, 15) is 4.79 Å². The van der Waals surface area contributed by atoms with Crippen molar-refractivity contribution in [3.8, 4) is 5.75 Å². The first-order valence-electron chi connectivity index (χ1n) is 8.08. The smallest absolute Gasteiger partial charge is 0.277 e. The first kappa shape index (κ1) is 17.7. The number of hydrogen-bond acceptors (Lipinski definition) is 3. The Hall–Kier alpha value is -2.62. The van der Waals surface area contributed by atoms with Gasteiger partial charge in [-0.3, -0.25) is 4.79 Å². The second kappa shape index (κ2) is 8.29. The van der Waals surface area contributed by atoms with Gasteiger partial charge in [-0.15, -0.1) is 0 Å². The second-order valence-corrected chi connectivity index (χ2v) is 6.10. The van der Waals surface area contributed by atoms with Gasteiger partial charge in [0.1, 0.15) is 5.75 Å². The fourth-order valence-electron chi connectivity index (χ4n) is 2.20. The van der Waals surface area contributed by atoms with E-state index < -0.39 is 0 Å². The van der Waals surface area contributed by atoms with Crippen LogP contribution < -0.4 is 10.2 Å². The number of aryl methyl sites for hydroxylation is 1. The van der Waals surface area contributed by atoms with Crippen molar-refractivity contribution in [2.75, 3.05) is 6.61 Å². The predicted octanol–water partition coefficient (Wildman–Crippen LogP) is 3.96. The average Bonchev–Trinajstić information content (AvgIpc) is 2.56. The van der Waals surface area contributed by atoms with Crippen molar-refractivity contribution in [2.24, 2.45) is 5.10 Å². The van der Waals surface area contributed by atoms with Crippen molar-refractivity contribution in [3.05, 3.63) is 64.7 Å². The summed E-state index contributed by atoms with van der Waals surface area (Å²) in [6.45, 7) is 8.23. The highest BCUT2D eigenvalue weighted by Gasteiger charge is 2.05. The first-order chi connectivity index (χ1) is 11.5. The van der Waals surface area contributed by atoms with E-state index in [0.717, 1.165) is 22.4 Å². The lowest BCUT2D eigenvalue weighted by molar-refractivity contribution is -0.123. The van der Waals surface area contributed by atoms with Gasteiger partial charge in [0.25, 0.3) is 5.91 Å². The highest BCUT2D eigenvalue weighted by molar-refractivity contribution is 5.83. The van der Waals surface area contributed by atoms with Gasteiger partial charge in [0.15, 0.2) is 6.61 Å². The average molecular weight is 324 g/mol. The molecule has 4 nitrogen and oxygen atoms in total. The molecular weight excluding hydrogens is 300 g/mol. The van der Waals surface area contributed by atoms with Crippen molar-refractivity contribution >= 4 is 12.1 Å². The van der Waals surface area contributed by atoms with Gasteiger partial charge in [0.05, 0.1) is 6.21 Å². The van der Waals surface area contributed by atoms with Crippen molar-refractivity contribution in [1.29, 1.82) is 0 Å². The van der Waals surface area contributed by atoms with Gasteiger partial charge >= 0.3 is 0 Å². The van der Waals surface area contributed by atoms with Crippen molar-refractivity contribution in [1.82, 2.24) is 5.43 Å². The van der Waals surface area contributed by atoms with Crippen molar-refractivity contribution in [2.45, 2.75) is 33.6 Å². The van der Waals surface area contributed by atoms with Crippen LogP contribution in [0.15, 0.2) is 47.6 Å². The van der Waals surface area contributed by atoms with Crippen LogP contribution in [-0.4, -0.2) is 18.7 Å². The van der Waals surface area contributed by atoms with Gasteiger partial charge in [-0.25, -0.2) is 5.43 Å². The minimum absolute atomic E-state index is 0.0616. The summed E-state index contributed by atoms with van der Waals surface area (Å²) in [5, 5.41) is 3.96. The Morgan fingerprint density at radius 1 is 1.17 bits per heavy atom. The fraction of sp³-hybridized carbons (Fsp3) is 0.300. The summed E-state index contributed by atoms with van der Waals surface area (Å²) in [7, 11) is 0. The Kier molecular flexibility index (Phi) is 6.13. The summed E-state index contributed by atoms with van der Waals surface area (Å²) in [5.74, 6) is 0.933. The molecule has 0 fully saturated rings. The number of ether oxygens (including phenoxy) is 1. The van der Waals surface area contributed by atoms with Gasteiger partial charge in [0.2, 0.25) is 0 Å². The molecule has 0 radical (unpaired) electrons. The molecule has 126 valence electrons. The number of amides is 1. The Morgan fingerprint density at radius 3 is 2.54 bits per heavy atom. The van der Waals surface area contributed by atoms with Gasteiger partial charge in [0, 0.05) is 0 Å². The van der Waals surface area contributed by atoms with Crippen LogP contribution in [0, 0.1) is 13.8 Å². The molecule has 0 aliphatic heterocycles. The minimum atomic E-state index is -0.286. The monoisotopic (exact) mass is 324 g/mol. The van der Waals surface area contributed by atoms with E-state index in [1.807, 2.05) is 44.2 Å². The van der Waals surface area contributed by atoms with Gasteiger partial charge in [-0.1, -0.05) is 50.2 Å². The standard InChI is InChI=1S/C20H24N2O2/c1-14(2)18-10-8-17(9-11-18)12-21-22-20(23)13-24-19-7-5-6-15(3)16(19)4/h5-12,14H,13H2,1-4H3,(H,22,23)/b21-12-. The van der Waals surface area contributed by atoms with Crippen LogP contribution in [0.2, 0.25) is 0 Å². The Labute approximate surface area is 143 Å². The molecule has 4 heteroatoms. The molecule has 0 saturated heterocycles. The zero-order valence-electron chi connectivity index (χ0n) is 14.7. The van der Waals surface area contributed by atoms with E-state index in [0.29, 0.717) is 5.92 Å². The zero-order chi connectivity index (χ0) is 17.5. The number of nitrogens with one attached hydrogen (secondary N) is 1. The lowest BCUT2D eigenvalue weighted by Gasteiger charge is -2.09. The summed E-state index contributed by atoms with van der Waals surface area (Å²) in [6.07, 6.45) is 1.62. The highest BCUT2D eigenvalue weighted by Crippen LogP contribution is 2.20. The Balaban J connectivity index is 1.83. The van der Waals surface area contributed by atoms with E-state index in [1.165, 1.54) is 5.56 Å². The predicted molar refractivity (Wildman–Crippen MR) is 97.7 cm³/mol. The van der Waals surface area contributed by atoms with Crippen LogP contribution >= 0.6 is 0 Å². The van der Waals surface area contributed by atoms with E-state index in [-0.39, 0.29) is 12.5 Å². The molecule has 0 unspecified atom stereocenters. The molecule has 0 aliphatic carbocycles. The maximum atomic E-state index is 11.8. The molecule has 0 heterocycles. The number of hydrogen-bond donors (Lipinski definition) is 1. The molecule has 2 aromatic rings. The zero-order valence-corrected chi connectivity index (χ0v) is 14.7. The van der Waals surface area contributed by atoms with Crippen LogP contribution in [0.3, 0.4) is 0 Å². The Morgan fingerprint density at radius 2 is 1.88 bits per heavy atom. The van der Waals surface area contributed by atoms with Gasteiger partial charge in [-0.2, -0.15) is 5.10 Å². The van der Waals surface area contributed by atoms with Crippen LogP contribution in [0.5, 0.6) is 5.75 Å². The van der Waals surface area contributed by atoms with E-state index in [2.05, 4.69) is 36.5 Å². The normalized spacial score (nSPS) is 11.0. The van der Waals surface area contributed by atoms with Gasteiger partial charge in [-0.05, 0) is 48.1 Å². The summed E-state index contributed by atoms with van der Waals surface area (Å²) < 4.78 is 5.54. The number of benzene rings is 2. The molecule has 0 spiro atoms. The third-order valence-electron chi connectivity index (χ3n) is 3.92. The van der Waals surface area contributed by atoms with E-state index in [4.69, 9.17) is 4.74 Å². The summed E-state index contributed by atoms with van der Waals surface area (Å²) in [5.41, 5.74) is 6.87. The summed E-state index contributed by atoms with van der Waals surface area (Å²) in [6, 6.07) is 13.9. The number of rotatable bonds is 6. The molecule has 1 N–H and O–H groups in total. The van der Waals surface area contributed by atoms with Crippen LogP contribution in [-0.2, 0) is 4.79 Å². The lowest BCUT2D eigenvalue weighted by Crippen LogP contribution is -2.24. The molecule has 0 saturated carbocycles. The molecule has 0 aromatic heterocycles. The second-order valence-electron chi connectivity index (χ2n) is 6.10. The minimum Gasteiger partial charge on any atom is -0.483 e. The molecule has 2 rings (SSSR count). The van der Waals surface area contributed by atoms with E-state index >= 15 is 0 Å². The largest absolute Gasteiger partial charge is 0.483 e. The van der Waals surface area contributed by atoms with E-state index in [1.54, 1.807) is 6.21 Å². The van der Waals surface area contributed by atoms with Crippen LogP contribution in [0.25, 0.3) is 0 Å². The summed E-state index contributed by atoms with van der Waals surface area (Å²) >= 11 is 0. The fourth-order valence-corrected chi connectivity index (χ4v) is 2.20. The number of hydrazone groups is 1. The van der Waals surface area contributed by atoms with Crippen molar-refractivity contribution in [3.63, 3.8) is 0 Å². The first-order valence-corrected chi connectivity index (χ1v) is 8.08. The number of carbonyl (C=O) groups excluding carboxylic acids is 1. The molecule has 0 atom stereocenters. The molecular formula is C20H24N2O2. The lowest BCUT2D eigenvalue weighted by atomic mass is 10.0. The molecule has 1 amide bonds. The third-order valence-corrected chi connectivity index (χ3v) is 3.92. The third kappa shape index (κ3) is 4.95.